The highest BCUT2D eigenvalue weighted by Crippen LogP contribution is 2.19. The van der Waals surface area contributed by atoms with Gasteiger partial charge in [-0.15, -0.1) is 0 Å². The van der Waals surface area contributed by atoms with E-state index >= 15 is 0 Å². The summed E-state index contributed by atoms with van der Waals surface area (Å²) < 4.78 is 13.0. The van der Waals surface area contributed by atoms with Crippen LogP contribution in [0.3, 0.4) is 0 Å². The van der Waals surface area contributed by atoms with E-state index in [1.54, 1.807) is 53.5 Å². The molecule has 2 aromatic carbocycles. The van der Waals surface area contributed by atoms with Crippen molar-refractivity contribution in [2.24, 2.45) is 0 Å². The van der Waals surface area contributed by atoms with Gasteiger partial charge in [0.05, 0.1) is 18.4 Å². The lowest BCUT2D eigenvalue weighted by molar-refractivity contribution is 0.0992. The summed E-state index contributed by atoms with van der Waals surface area (Å²) in [5, 5.41) is 7.69. The van der Waals surface area contributed by atoms with Gasteiger partial charge in [0.15, 0.2) is 5.76 Å². The smallest absolute Gasteiger partial charge is 0.291 e. The van der Waals surface area contributed by atoms with E-state index in [1.807, 2.05) is 12.1 Å². The van der Waals surface area contributed by atoms with Gasteiger partial charge in [-0.25, -0.2) is 0 Å². The molecule has 0 aliphatic heterocycles. The number of furan rings is 1. The van der Waals surface area contributed by atoms with Crippen molar-refractivity contribution in [3.8, 4) is 5.75 Å². The zero-order valence-electron chi connectivity index (χ0n) is 16.3. The lowest BCUT2D eigenvalue weighted by Gasteiger charge is -2.04. The summed E-state index contributed by atoms with van der Waals surface area (Å²) in [6.45, 7) is 2.88. The van der Waals surface area contributed by atoms with Crippen LogP contribution in [0.2, 0.25) is 5.02 Å². The first-order chi connectivity index (χ1) is 14.5. The van der Waals surface area contributed by atoms with Gasteiger partial charge in [-0.2, -0.15) is 5.10 Å². The summed E-state index contributed by atoms with van der Waals surface area (Å²) in [7, 11) is 0. The monoisotopic (exact) mass is 421 g/mol. The number of ether oxygens (including phenoxy) is 1. The summed E-state index contributed by atoms with van der Waals surface area (Å²) in [6.07, 6.45) is 3.39. The van der Waals surface area contributed by atoms with Crippen LogP contribution in [0, 0.1) is 6.92 Å². The Kier molecular flexibility index (Phi) is 5.86. The first-order valence-corrected chi connectivity index (χ1v) is 9.79. The molecular formula is C23H20ClN3O3. The summed E-state index contributed by atoms with van der Waals surface area (Å²) in [5.41, 5.74) is 2.94. The Morgan fingerprint density at radius 1 is 1.17 bits per heavy atom. The maximum atomic E-state index is 12.5. The Balaban J connectivity index is 1.34. The Hall–Kier alpha value is -3.51. The molecule has 2 heterocycles. The topological polar surface area (TPSA) is 69.3 Å². The highest BCUT2D eigenvalue weighted by molar-refractivity contribution is 6.30. The second-order valence-electron chi connectivity index (χ2n) is 6.88. The number of carbonyl (C=O) groups excluding carboxylic acids is 1. The molecule has 4 aromatic rings. The number of carbonyl (C=O) groups is 1. The van der Waals surface area contributed by atoms with Gasteiger partial charge in [-0.05, 0) is 42.8 Å². The fraction of sp³-hybridized carbons (Fsp3) is 0.130. The molecule has 4 rings (SSSR count). The van der Waals surface area contributed by atoms with E-state index < -0.39 is 0 Å². The van der Waals surface area contributed by atoms with E-state index in [0.29, 0.717) is 28.8 Å². The highest BCUT2D eigenvalue weighted by atomic mass is 35.5. The maximum Gasteiger partial charge on any atom is 0.291 e. The lowest BCUT2D eigenvalue weighted by atomic mass is 10.1. The Labute approximate surface area is 179 Å². The number of nitrogens with zero attached hydrogens (tertiary/aromatic N) is 2. The van der Waals surface area contributed by atoms with Gasteiger partial charge < -0.3 is 14.5 Å². The molecular weight excluding hydrogens is 402 g/mol. The van der Waals surface area contributed by atoms with Crippen LogP contribution < -0.4 is 10.1 Å². The zero-order valence-corrected chi connectivity index (χ0v) is 17.1. The number of aromatic nitrogens is 2. The number of rotatable bonds is 7. The number of nitrogens with one attached hydrogen (secondary N) is 1. The van der Waals surface area contributed by atoms with Crippen LogP contribution >= 0.6 is 11.6 Å². The maximum absolute atomic E-state index is 12.5. The molecule has 1 amide bonds. The average Bonchev–Trinajstić information content (AvgIpc) is 3.36. The molecule has 152 valence electrons. The van der Waals surface area contributed by atoms with E-state index in [1.165, 1.54) is 5.56 Å². The largest absolute Gasteiger partial charge is 0.486 e. The lowest BCUT2D eigenvalue weighted by Crippen LogP contribution is -2.10. The molecule has 0 aliphatic rings. The van der Waals surface area contributed by atoms with Gasteiger partial charge in [-0.3, -0.25) is 9.48 Å². The summed E-state index contributed by atoms with van der Waals surface area (Å²) in [5.74, 6) is 1.02. The molecule has 30 heavy (non-hydrogen) atoms. The van der Waals surface area contributed by atoms with Crippen molar-refractivity contribution in [2.45, 2.75) is 20.1 Å². The quantitative estimate of drug-likeness (QED) is 0.438. The third-order valence-corrected chi connectivity index (χ3v) is 4.62. The van der Waals surface area contributed by atoms with Crippen molar-refractivity contribution in [1.82, 2.24) is 9.78 Å². The molecule has 0 bridgehead atoms. The minimum atomic E-state index is -0.348. The van der Waals surface area contributed by atoms with Crippen molar-refractivity contribution in [2.75, 3.05) is 5.32 Å². The van der Waals surface area contributed by atoms with Gasteiger partial charge >= 0.3 is 0 Å². The Bertz CT molecular complexity index is 1170. The molecule has 0 spiro atoms. The van der Waals surface area contributed by atoms with Crippen LogP contribution in [-0.4, -0.2) is 15.7 Å². The van der Waals surface area contributed by atoms with E-state index in [2.05, 4.69) is 29.5 Å². The average molecular weight is 422 g/mol. The molecule has 0 radical (unpaired) electrons. The minimum absolute atomic E-state index is 0.196. The van der Waals surface area contributed by atoms with E-state index in [-0.39, 0.29) is 18.3 Å². The third kappa shape index (κ3) is 5.10. The van der Waals surface area contributed by atoms with Crippen molar-refractivity contribution in [3.05, 3.63) is 101 Å². The SMILES string of the molecule is Cc1cccc(Cn2cc(NC(=O)c3ccc(COc4cccc(Cl)c4)o3)cn2)c1. The van der Waals surface area contributed by atoms with Crippen molar-refractivity contribution >= 4 is 23.2 Å². The number of aryl methyl sites for hydroxylation is 1. The van der Waals surface area contributed by atoms with Crippen LogP contribution in [0.25, 0.3) is 0 Å². The number of anilines is 1. The minimum Gasteiger partial charge on any atom is -0.486 e. The van der Waals surface area contributed by atoms with Crippen LogP contribution in [0.5, 0.6) is 5.75 Å². The summed E-state index contributed by atoms with van der Waals surface area (Å²) >= 11 is 5.94. The molecule has 0 saturated heterocycles. The number of halogens is 1. The molecule has 6 nitrogen and oxygen atoms in total. The molecule has 1 N–H and O–H groups in total. The summed E-state index contributed by atoms with van der Waals surface area (Å²) in [4.78, 5) is 12.5. The van der Waals surface area contributed by atoms with E-state index in [0.717, 1.165) is 5.56 Å². The summed E-state index contributed by atoms with van der Waals surface area (Å²) in [6, 6.07) is 18.6. The number of amides is 1. The standard InChI is InChI=1S/C23H20ClN3O3/c1-16-4-2-5-17(10-16)13-27-14-19(12-25-27)26-23(28)22-9-8-21(30-22)15-29-20-7-3-6-18(24)11-20/h2-12,14H,13,15H2,1H3,(H,26,28). The van der Waals surface area contributed by atoms with Crippen molar-refractivity contribution in [3.63, 3.8) is 0 Å². The molecule has 0 atom stereocenters. The molecule has 0 saturated carbocycles. The van der Waals surface area contributed by atoms with Gasteiger partial charge in [-0.1, -0.05) is 47.5 Å². The molecule has 7 heteroatoms. The number of hydrogen-bond donors (Lipinski definition) is 1. The predicted molar refractivity (Wildman–Crippen MR) is 115 cm³/mol. The fourth-order valence-corrected chi connectivity index (χ4v) is 3.17. The Morgan fingerprint density at radius 2 is 2.03 bits per heavy atom. The molecule has 0 fully saturated rings. The normalized spacial score (nSPS) is 10.7. The van der Waals surface area contributed by atoms with Crippen LogP contribution in [0.4, 0.5) is 5.69 Å². The first kappa shape index (κ1) is 19.8. The van der Waals surface area contributed by atoms with Gasteiger partial charge in [0.1, 0.15) is 18.1 Å². The van der Waals surface area contributed by atoms with Crippen LogP contribution in [0.15, 0.2) is 77.5 Å². The van der Waals surface area contributed by atoms with Gasteiger partial charge in [0, 0.05) is 11.2 Å². The van der Waals surface area contributed by atoms with Gasteiger partial charge in [0.25, 0.3) is 5.91 Å². The van der Waals surface area contributed by atoms with Gasteiger partial charge in [0.2, 0.25) is 0 Å². The van der Waals surface area contributed by atoms with Crippen LogP contribution in [-0.2, 0) is 13.2 Å². The van der Waals surface area contributed by atoms with Crippen molar-refractivity contribution < 1.29 is 13.9 Å². The number of hydrogen-bond acceptors (Lipinski definition) is 4. The fourth-order valence-electron chi connectivity index (χ4n) is 2.99. The third-order valence-electron chi connectivity index (χ3n) is 4.38. The molecule has 0 aliphatic carbocycles. The van der Waals surface area contributed by atoms with Crippen LogP contribution in [0.1, 0.15) is 27.4 Å². The second kappa shape index (κ2) is 8.88. The number of benzene rings is 2. The predicted octanol–water partition coefficient (Wildman–Crippen LogP) is 5.32. The van der Waals surface area contributed by atoms with E-state index in [4.69, 9.17) is 20.8 Å². The second-order valence-corrected chi connectivity index (χ2v) is 7.32. The van der Waals surface area contributed by atoms with Crippen molar-refractivity contribution in [1.29, 1.82) is 0 Å². The first-order valence-electron chi connectivity index (χ1n) is 9.41. The Morgan fingerprint density at radius 3 is 2.87 bits per heavy atom. The zero-order chi connectivity index (χ0) is 20.9. The molecule has 0 unspecified atom stereocenters. The highest BCUT2D eigenvalue weighted by Gasteiger charge is 2.13. The van der Waals surface area contributed by atoms with E-state index in [9.17, 15) is 4.79 Å². The molecule has 2 aromatic heterocycles.